The standard InChI is InChI=1S/C24H26N6O2.ClH/c1-32-21-6-2-4-18(12-21)15-29-16-23(27-28-29)19-9-7-17(8-10-19)13-22(26)24(31)30-11-3-5-20(30)14-25;/h2,4,6-10,12,16,20,22H,3,5,11,13,15,26H2,1H3;1H/t20-,22-;/m0./s1. The molecule has 3 aromatic rings. The molecule has 9 heteroatoms. The number of methoxy groups -OCH3 is 1. The second-order valence-corrected chi connectivity index (χ2v) is 7.98. The first kappa shape index (κ1) is 24.2. The Kier molecular flexibility index (Phi) is 8.04. The number of carbonyl (C=O) groups is 1. The molecular weight excluding hydrogens is 440 g/mol. The highest BCUT2D eigenvalue weighted by atomic mass is 35.5. The van der Waals surface area contributed by atoms with Gasteiger partial charge in [-0.1, -0.05) is 41.6 Å². The zero-order valence-corrected chi connectivity index (χ0v) is 19.2. The molecule has 1 aliphatic heterocycles. The number of benzene rings is 2. The number of nitriles is 1. The molecule has 0 radical (unpaired) electrons. The van der Waals surface area contributed by atoms with E-state index >= 15 is 0 Å². The van der Waals surface area contributed by atoms with Crippen molar-refractivity contribution in [3.05, 3.63) is 65.9 Å². The molecular formula is C24H27ClN6O2. The highest BCUT2D eigenvalue weighted by Gasteiger charge is 2.31. The molecule has 4 rings (SSSR count). The number of likely N-dealkylation sites (tertiary alicyclic amines) is 1. The molecule has 0 saturated carbocycles. The van der Waals surface area contributed by atoms with Crippen LogP contribution in [-0.2, 0) is 17.8 Å². The molecule has 1 amide bonds. The summed E-state index contributed by atoms with van der Waals surface area (Å²) in [5.41, 5.74) is 9.91. The summed E-state index contributed by atoms with van der Waals surface area (Å²) in [6.07, 6.45) is 3.90. The van der Waals surface area contributed by atoms with Crippen molar-refractivity contribution in [2.24, 2.45) is 5.73 Å². The molecule has 33 heavy (non-hydrogen) atoms. The molecule has 172 valence electrons. The number of aromatic nitrogens is 3. The van der Waals surface area contributed by atoms with E-state index in [1.54, 1.807) is 16.7 Å². The molecule has 0 aliphatic carbocycles. The number of nitrogens with two attached hydrogens (primary N) is 1. The van der Waals surface area contributed by atoms with Crippen LogP contribution in [0.15, 0.2) is 54.7 Å². The van der Waals surface area contributed by atoms with Gasteiger partial charge in [0.1, 0.15) is 17.5 Å². The van der Waals surface area contributed by atoms with Crippen molar-refractivity contribution in [3.8, 4) is 23.1 Å². The van der Waals surface area contributed by atoms with Crippen molar-refractivity contribution in [2.45, 2.75) is 37.9 Å². The maximum absolute atomic E-state index is 12.6. The predicted molar refractivity (Wildman–Crippen MR) is 127 cm³/mol. The van der Waals surface area contributed by atoms with Crippen LogP contribution < -0.4 is 10.5 Å². The molecule has 1 saturated heterocycles. The molecule has 0 unspecified atom stereocenters. The Balaban J connectivity index is 0.00000306. The normalized spacial score (nSPS) is 16.0. The van der Waals surface area contributed by atoms with Crippen molar-refractivity contribution in [1.29, 1.82) is 5.26 Å². The van der Waals surface area contributed by atoms with Crippen molar-refractivity contribution in [2.75, 3.05) is 13.7 Å². The van der Waals surface area contributed by atoms with Crippen LogP contribution in [0.2, 0.25) is 0 Å². The lowest BCUT2D eigenvalue weighted by atomic mass is 10.0. The number of hydrogen-bond acceptors (Lipinski definition) is 6. The van der Waals surface area contributed by atoms with Gasteiger partial charge in [-0.2, -0.15) is 5.26 Å². The number of halogens is 1. The van der Waals surface area contributed by atoms with Gasteiger partial charge in [0.25, 0.3) is 0 Å². The number of carbonyl (C=O) groups excluding carboxylic acids is 1. The molecule has 2 heterocycles. The third kappa shape index (κ3) is 5.69. The minimum absolute atomic E-state index is 0. The Hall–Kier alpha value is -3.41. The van der Waals surface area contributed by atoms with Gasteiger partial charge in [-0.15, -0.1) is 17.5 Å². The van der Waals surface area contributed by atoms with E-state index in [4.69, 9.17) is 10.5 Å². The average molecular weight is 467 g/mol. The van der Waals surface area contributed by atoms with Crippen LogP contribution >= 0.6 is 12.4 Å². The van der Waals surface area contributed by atoms with Crippen molar-refractivity contribution in [1.82, 2.24) is 19.9 Å². The highest BCUT2D eigenvalue weighted by Crippen LogP contribution is 2.21. The minimum atomic E-state index is -0.654. The van der Waals surface area contributed by atoms with E-state index in [1.165, 1.54) is 0 Å². The molecule has 1 aromatic heterocycles. The van der Waals surface area contributed by atoms with Gasteiger partial charge in [-0.25, -0.2) is 4.68 Å². The van der Waals surface area contributed by atoms with Gasteiger partial charge in [-0.05, 0) is 42.5 Å². The summed E-state index contributed by atoms with van der Waals surface area (Å²) < 4.78 is 7.05. The first-order valence-corrected chi connectivity index (χ1v) is 10.7. The number of ether oxygens (including phenoxy) is 1. The monoisotopic (exact) mass is 466 g/mol. The van der Waals surface area contributed by atoms with Gasteiger partial charge in [0.15, 0.2) is 0 Å². The van der Waals surface area contributed by atoms with Crippen LogP contribution in [0, 0.1) is 11.3 Å². The SMILES string of the molecule is COc1cccc(Cn2cc(-c3ccc(C[C@H](N)C(=O)N4CCC[C@H]4C#N)cc3)nn2)c1.Cl. The zero-order valence-electron chi connectivity index (χ0n) is 18.4. The Morgan fingerprint density at radius 3 is 2.79 bits per heavy atom. The summed E-state index contributed by atoms with van der Waals surface area (Å²) in [4.78, 5) is 14.2. The summed E-state index contributed by atoms with van der Waals surface area (Å²) in [6.45, 7) is 1.20. The summed E-state index contributed by atoms with van der Waals surface area (Å²) in [5.74, 6) is 0.654. The minimum Gasteiger partial charge on any atom is -0.497 e. The number of nitrogens with zero attached hydrogens (tertiary/aromatic N) is 5. The molecule has 8 nitrogen and oxygen atoms in total. The lowest BCUT2D eigenvalue weighted by molar-refractivity contribution is -0.132. The summed E-state index contributed by atoms with van der Waals surface area (Å²) in [7, 11) is 1.65. The van der Waals surface area contributed by atoms with Crippen LogP contribution in [0.25, 0.3) is 11.3 Å². The Morgan fingerprint density at radius 1 is 1.27 bits per heavy atom. The van der Waals surface area contributed by atoms with Crippen molar-refractivity contribution < 1.29 is 9.53 Å². The largest absolute Gasteiger partial charge is 0.497 e. The molecule has 2 N–H and O–H groups in total. The van der Waals surface area contributed by atoms with Crippen LogP contribution in [0.1, 0.15) is 24.0 Å². The summed E-state index contributed by atoms with van der Waals surface area (Å²) >= 11 is 0. The second kappa shape index (κ2) is 10.9. The lowest BCUT2D eigenvalue weighted by Crippen LogP contribution is -2.46. The van der Waals surface area contributed by atoms with E-state index in [0.717, 1.165) is 41.0 Å². The fraction of sp³-hybridized carbons (Fsp3) is 0.333. The van der Waals surface area contributed by atoms with Gasteiger partial charge in [-0.3, -0.25) is 4.79 Å². The number of rotatable bonds is 7. The predicted octanol–water partition coefficient (Wildman–Crippen LogP) is 2.81. The summed E-state index contributed by atoms with van der Waals surface area (Å²) in [5, 5.41) is 17.7. The van der Waals surface area contributed by atoms with E-state index in [0.29, 0.717) is 19.5 Å². The van der Waals surface area contributed by atoms with Crippen molar-refractivity contribution >= 4 is 18.3 Å². The van der Waals surface area contributed by atoms with Gasteiger partial charge < -0.3 is 15.4 Å². The van der Waals surface area contributed by atoms with E-state index in [9.17, 15) is 10.1 Å². The summed E-state index contributed by atoms with van der Waals surface area (Å²) in [6, 6.07) is 16.9. The van der Waals surface area contributed by atoms with Gasteiger partial charge in [0, 0.05) is 12.1 Å². The Bertz CT molecular complexity index is 1120. The van der Waals surface area contributed by atoms with Crippen LogP contribution in [0.5, 0.6) is 5.75 Å². The van der Waals surface area contributed by atoms with Crippen molar-refractivity contribution in [3.63, 3.8) is 0 Å². The Morgan fingerprint density at radius 2 is 2.06 bits per heavy atom. The molecule has 1 aliphatic rings. The first-order chi connectivity index (χ1) is 15.6. The third-order valence-corrected chi connectivity index (χ3v) is 5.72. The van der Waals surface area contributed by atoms with Gasteiger partial charge in [0.2, 0.25) is 5.91 Å². The lowest BCUT2D eigenvalue weighted by Gasteiger charge is -2.23. The van der Waals surface area contributed by atoms with E-state index in [2.05, 4.69) is 16.4 Å². The molecule has 0 bridgehead atoms. The molecule has 2 atom stereocenters. The third-order valence-electron chi connectivity index (χ3n) is 5.72. The van der Waals surface area contributed by atoms with Crippen LogP contribution in [0.3, 0.4) is 0 Å². The second-order valence-electron chi connectivity index (χ2n) is 7.98. The average Bonchev–Trinajstić information content (AvgIpc) is 3.48. The smallest absolute Gasteiger partial charge is 0.240 e. The fourth-order valence-electron chi connectivity index (χ4n) is 4.00. The maximum atomic E-state index is 12.6. The van der Waals surface area contributed by atoms with Gasteiger partial charge >= 0.3 is 0 Å². The fourth-order valence-corrected chi connectivity index (χ4v) is 4.00. The number of hydrogen-bond donors (Lipinski definition) is 1. The van der Waals surface area contributed by atoms with E-state index in [-0.39, 0.29) is 24.4 Å². The molecule has 1 fully saturated rings. The molecule has 0 spiro atoms. The quantitative estimate of drug-likeness (QED) is 0.573. The van der Waals surface area contributed by atoms with Crippen LogP contribution in [-0.4, -0.2) is 51.5 Å². The van der Waals surface area contributed by atoms with Crippen LogP contribution in [0.4, 0.5) is 0 Å². The van der Waals surface area contributed by atoms with Gasteiger partial charge in [0.05, 0.1) is 32.0 Å². The number of amides is 1. The maximum Gasteiger partial charge on any atom is 0.240 e. The first-order valence-electron chi connectivity index (χ1n) is 10.7. The topological polar surface area (TPSA) is 110 Å². The van der Waals surface area contributed by atoms with E-state index in [1.807, 2.05) is 54.7 Å². The zero-order chi connectivity index (χ0) is 22.5. The Labute approximate surface area is 199 Å². The van der Waals surface area contributed by atoms with E-state index < -0.39 is 6.04 Å². The highest BCUT2D eigenvalue weighted by molar-refractivity contribution is 5.85. The molecule has 2 aromatic carbocycles.